The number of fused-ring (bicyclic) bond motifs is 1. The number of ketones is 1. The molecule has 110 valence electrons. The summed E-state index contributed by atoms with van der Waals surface area (Å²) in [5.74, 6) is 0.599. The van der Waals surface area contributed by atoms with Crippen LogP contribution >= 0.6 is 0 Å². The van der Waals surface area contributed by atoms with Gasteiger partial charge in [-0.25, -0.2) is 9.07 Å². The minimum absolute atomic E-state index is 0.0194. The first-order chi connectivity index (χ1) is 10.7. The zero-order chi connectivity index (χ0) is 15.1. The zero-order valence-electron chi connectivity index (χ0n) is 11.7. The molecule has 0 unspecified atom stereocenters. The van der Waals surface area contributed by atoms with Crippen molar-refractivity contribution in [1.82, 2.24) is 9.78 Å². The van der Waals surface area contributed by atoms with Gasteiger partial charge in [0, 0.05) is 18.8 Å². The van der Waals surface area contributed by atoms with Crippen LogP contribution < -0.4 is 0 Å². The largest absolute Gasteiger partial charge is 0.469 e. The van der Waals surface area contributed by atoms with E-state index in [4.69, 9.17) is 4.42 Å². The third-order valence-corrected chi connectivity index (χ3v) is 4.06. The first-order valence-corrected chi connectivity index (χ1v) is 7.12. The van der Waals surface area contributed by atoms with Crippen LogP contribution in [0.25, 0.3) is 5.69 Å². The highest BCUT2D eigenvalue weighted by atomic mass is 19.1. The molecule has 0 amide bonds. The van der Waals surface area contributed by atoms with E-state index in [1.807, 2.05) is 12.1 Å². The number of hydrogen-bond donors (Lipinski definition) is 0. The predicted octanol–water partition coefficient (Wildman–Crippen LogP) is 3.52. The molecule has 0 bridgehead atoms. The maximum atomic E-state index is 13.1. The van der Waals surface area contributed by atoms with Crippen molar-refractivity contribution in [3.05, 3.63) is 71.7 Å². The van der Waals surface area contributed by atoms with Gasteiger partial charge in [-0.2, -0.15) is 5.10 Å². The fourth-order valence-electron chi connectivity index (χ4n) is 2.97. The van der Waals surface area contributed by atoms with Crippen molar-refractivity contribution in [2.24, 2.45) is 0 Å². The van der Waals surface area contributed by atoms with Crippen molar-refractivity contribution in [3.63, 3.8) is 0 Å². The Kier molecular flexibility index (Phi) is 2.92. The molecule has 0 radical (unpaired) electrons. The van der Waals surface area contributed by atoms with Crippen molar-refractivity contribution >= 4 is 5.78 Å². The minimum atomic E-state index is -0.297. The summed E-state index contributed by atoms with van der Waals surface area (Å²) in [5.41, 5.74) is 2.24. The standard InChI is InChI=1S/C17H13FN2O2/c18-12-3-5-13(6-4-12)20-15-8-11(17-2-1-7-22-17)9-16(21)14(15)10-19-20/h1-7,10-11H,8-9H2/t11-/m0/s1. The molecule has 1 aromatic carbocycles. The van der Waals surface area contributed by atoms with Crippen molar-refractivity contribution in [3.8, 4) is 5.69 Å². The number of hydrogen-bond acceptors (Lipinski definition) is 3. The third-order valence-electron chi connectivity index (χ3n) is 4.06. The second-order valence-electron chi connectivity index (χ2n) is 5.44. The number of benzene rings is 1. The Hall–Kier alpha value is -2.69. The fraction of sp³-hybridized carbons (Fsp3) is 0.176. The summed E-state index contributed by atoms with van der Waals surface area (Å²) in [6, 6.07) is 9.80. The maximum absolute atomic E-state index is 13.1. The van der Waals surface area contributed by atoms with Gasteiger partial charge in [-0.3, -0.25) is 4.79 Å². The number of aromatic nitrogens is 2. The number of rotatable bonds is 2. The summed E-state index contributed by atoms with van der Waals surface area (Å²) in [7, 11) is 0. The molecule has 5 heteroatoms. The molecule has 3 aromatic rings. The van der Waals surface area contributed by atoms with E-state index in [0.717, 1.165) is 17.1 Å². The van der Waals surface area contributed by atoms with E-state index in [-0.39, 0.29) is 17.5 Å². The predicted molar refractivity (Wildman–Crippen MR) is 77.6 cm³/mol. The lowest BCUT2D eigenvalue weighted by Crippen LogP contribution is -2.19. The van der Waals surface area contributed by atoms with Gasteiger partial charge in [0.1, 0.15) is 11.6 Å². The monoisotopic (exact) mass is 296 g/mol. The summed E-state index contributed by atoms with van der Waals surface area (Å²) in [6.45, 7) is 0. The molecule has 2 heterocycles. The normalized spacial score (nSPS) is 17.5. The highest BCUT2D eigenvalue weighted by molar-refractivity contribution is 5.98. The molecule has 0 N–H and O–H groups in total. The lowest BCUT2D eigenvalue weighted by Gasteiger charge is -2.20. The fourth-order valence-corrected chi connectivity index (χ4v) is 2.97. The highest BCUT2D eigenvalue weighted by Gasteiger charge is 2.31. The quantitative estimate of drug-likeness (QED) is 0.727. The van der Waals surface area contributed by atoms with Crippen molar-refractivity contribution in [1.29, 1.82) is 0 Å². The topological polar surface area (TPSA) is 48.0 Å². The summed E-state index contributed by atoms with van der Waals surface area (Å²) < 4.78 is 20.2. The van der Waals surface area contributed by atoms with Gasteiger partial charge >= 0.3 is 0 Å². The molecule has 2 aromatic heterocycles. The average Bonchev–Trinajstić information content (AvgIpc) is 3.17. The summed E-state index contributed by atoms with van der Waals surface area (Å²) in [4.78, 5) is 12.3. The number of carbonyl (C=O) groups is 1. The first kappa shape index (κ1) is 13.0. The van der Waals surface area contributed by atoms with Gasteiger partial charge in [-0.05, 0) is 36.4 Å². The molecule has 0 spiro atoms. The van der Waals surface area contributed by atoms with Gasteiger partial charge in [0.25, 0.3) is 0 Å². The van der Waals surface area contributed by atoms with Crippen LogP contribution in [0.15, 0.2) is 53.3 Å². The Morgan fingerprint density at radius 1 is 1.18 bits per heavy atom. The Morgan fingerprint density at radius 3 is 2.73 bits per heavy atom. The summed E-state index contributed by atoms with van der Waals surface area (Å²) in [5, 5.41) is 4.31. The molecule has 1 aliphatic carbocycles. The third kappa shape index (κ3) is 2.06. The van der Waals surface area contributed by atoms with Gasteiger partial charge in [0.05, 0.1) is 29.4 Å². The minimum Gasteiger partial charge on any atom is -0.469 e. The summed E-state index contributed by atoms with van der Waals surface area (Å²) in [6.07, 6.45) is 4.31. The van der Waals surface area contributed by atoms with Gasteiger partial charge in [-0.15, -0.1) is 0 Å². The zero-order valence-corrected chi connectivity index (χ0v) is 11.7. The second-order valence-corrected chi connectivity index (χ2v) is 5.44. The number of carbonyl (C=O) groups excluding carboxylic acids is 1. The Balaban J connectivity index is 1.76. The molecule has 1 aliphatic rings. The van der Waals surface area contributed by atoms with Crippen LogP contribution in [0.1, 0.15) is 34.2 Å². The van der Waals surface area contributed by atoms with Crippen LogP contribution in [-0.2, 0) is 6.42 Å². The van der Waals surface area contributed by atoms with Crippen LogP contribution in [0.2, 0.25) is 0 Å². The lowest BCUT2D eigenvalue weighted by molar-refractivity contribution is 0.0959. The highest BCUT2D eigenvalue weighted by Crippen LogP contribution is 2.33. The average molecular weight is 296 g/mol. The molecular weight excluding hydrogens is 283 g/mol. The van der Waals surface area contributed by atoms with Crippen molar-refractivity contribution in [2.75, 3.05) is 0 Å². The maximum Gasteiger partial charge on any atom is 0.167 e. The SMILES string of the molecule is O=C1C[C@@H](c2ccco2)Cc2c1cnn2-c1ccc(F)cc1. The molecule has 4 nitrogen and oxygen atoms in total. The molecule has 0 saturated carbocycles. The summed E-state index contributed by atoms with van der Waals surface area (Å²) >= 11 is 0. The van der Waals surface area contributed by atoms with Crippen LogP contribution in [-0.4, -0.2) is 15.6 Å². The molecule has 0 aliphatic heterocycles. The number of Topliss-reactive ketones (excluding diaryl/α,β-unsaturated/α-hetero) is 1. The van der Waals surface area contributed by atoms with Crippen LogP contribution in [0, 0.1) is 5.82 Å². The van der Waals surface area contributed by atoms with E-state index in [1.54, 1.807) is 29.3 Å². The molecule has 22 heavy (non-hydrogen) atoms. The molecular formula is C17H13FN2O2. The van der Waals surface area contributed by atoms with Crippen molar-refractivity contribution < 1.29 is 13.6 Å². The van der Waals surface area contributed by atoms with Gasteiger partial charge < -0.3 is 4.42 Å². The second kappa shape index (κ2) is 4.94. The van der Waals surface area contributed by atoms with E-state index in [1.165, 1.54) is 12.1 Å². The Bertz CT molecular complexity index is 819. The van der Waals surface area contributed by atoms with Gasteiger partial charge in [-0.1, -0.05) is 0 Å². The van der Waals surface area contributed by atoms with E-state index in [9.17, 15) is 9.18 Å². The van der Waals surface area contributed by atoms with Crippen LogP contribution in [0.4, 0.5) is 4.39 Å². The number of nitrogens with zero attached hydrogens (tertiary/aromatic N) is 2. The van der Waals surface area contributed by atoms with Crippen LogP contribution in [0.3, 0.4) is 0 Å². The number of halogens is 1. The lowest BCUT2D eigenvalue weighted by atomic mass is 9.85. The van der Waals surface area contributed by atoms with E-state index in [0.29, 0.717) is 18.4 Å². The smallest absolute Gasteiger partial charge is 0.167 e. The van der Waals surface area contributed by atoms with E-state index < -0.39 is 0 Å². The Labute approximate surface area is 126 Å². The molecule has 0 fully saturated rings. The first-order valence-electron chi connectivity index (χ1n) is 7.12. The molecule has 1 atom stereocenters. The Morgan fingerprint density at radius 2 is 2.00 bits per heavy atom. The van der Waals surface area contributed by atoms with Gasteiger partial charge in [0.15, 0.2) is 5.78 Å². The number of furan rings is 1. The van der Waals surface area contributed by atoms with E-state index >= 15 is 0 Å². The van der Waals surface area contributed by atoms with E-state index in [2.05, 4.69) is 5.10 Å². The molecule has 4 rings (SSSR count). The van der Waals surface area contributed by atoms with Crippen LogP contribution in [0.5, 0.6) is 0 Å². The molecule has 0 saturated heterocycles. The van der Waals surface area contributed by atoms with Crippen molar-refractivity contribution in [2.45, 2.75) is 18.8 Å². The van der Waals surface area contributed by atoms with Gasteiger partial charge in [0.2, 0.25) is 0 Å².